The Hall–Kier alpha value is 0.610. The first-order valence-corrected chi connectivity index (χ1v) is 5.59. The van der Waals surface area contributed by atoms with E-state index in [4.69, 9.17) is 4.74 Å². The van der Waals surface area contributed by atoms with Crippen LogP contribution >= 0.6 is 22.9 Å². The lowest BCUT2D eigenvalue weighted by Crippen LogP contribution is -2.46. The van der Waals surface area contributed by atoms with E-state index in [9.17, 15) is 0 Å². The number of rotatable bonds is 4. The third-order valence-corrected chi connectivity index (χ3v) is 3.27. The molecule has 1 aliphatic rings. The number of nitrogens with one attached hydrogen (secondary N) is 1. The summed E-state index contributed by atoms with van der Waals surface area (Å²) in [6, 6.07) is 1.07. The number of hydrogen-bond donors (Lipinski definition) is 1. The summed E-state index contributed by atoms with van der Waals surface area (Å²) in [5, 5.41) is 0. The van der Waals surface area contributed by atoms with Gasteiger partial charge in [0.15, 0.2) is 0 Å². The summed E-state index contributed by atoms with van der Waals surface area (Å²) >= 11 is 2.21. The van der Waals surface area contributed by atoms with Crippen LogP contribution in [0.1, 0.15) is 13.8 Å². The molecule has 0 aliphatic carbocycles. The fraction of sp³-hybridized carbons (Fsp3) is 1.00. The molecule has 3 nitrogen and oxygen atoms in total. The molecule has 1 aliphatic heterocycles. The second-order valence-corrected chi connectivity index (χ2v) is 3.66. The zero-order chi connectivity index (χ0) is 8.97. The van der Waals surface area contributed by atoms with Crippen LogP contribution in [0.3, 0.4) is 0 Å². The van der Waals surface area contributed by atoms with Crippen LogP contribution in [0.4, 0.5) is 0 Å². The number of ether oxygens (including phenoxy) is 1. The Morgan fingerprint density at radius 2 is 2.08 bits per heavy atom. The predicted octanol–water partition coefficient (Wildman–Crippen LogP) is 1.04. The standard InChI is InChI=1S/C8H17IN2O/c1-3-11(4-2)8-6-12-5-7(8)10-9/h7-8,10H,3-6H2,1-2H3/t7-,8?/m0/s1. The van der Waals surface area contributed by atoms with Gasteiger partial charge < -0.3 is 4.74 Å². The monoisotopic (exact) mass is 284 g/mol. The second kappa shape index (κ2) is 5.36. The Labute approximate surface area is 88.3 Å². The van der Waals surface area contributed by atoms with Crippen LogP contribution in [0, 0.1) is 0 Å². The van der Waals surface area contributed by atoms with Gasteiger partial charge in [-0.3, -0.25) is 8.43 Å². The van der Waals surface area contributed by atoms with Gasteiger partial charge in [0.2, 0.25) is 0 Å². The van der Waals surface area contributed by atoms with Crippen molar-refractivity contribution < 1.29 is 4.74 Å². The van der Waals surface area contributed by atoms with Crippen LogP contribution < -0.4 is 3.53 Å². The first-order chi connectivity index (χ1) is 5.83. The zero-order valence-corrected chi connectivity index (χ0v) is 9.87. The maximum atomic E-state index is 5.44. The molecule has 0 amide bonds. The molecule has 0 bridgehead atoms. The normalized spacial score (nSPS) is 30.0. The first kappa shape index (κ1) is 10.7. The molecule has 4 heteroatoms. The van der Waals surface area contributed by atoms with Crippen molar-refractivity contribution in [2.75, 3.05) is 26.3 Å². The van der Waals surface area contributed by atoms with Crippen molar-refractivity contribution in [3.05, 3.63) is 0 Å². The van der Waals surface area contributed by atoms with Crippen molar-refractivity contribution >= 4 is 22.9 Å². The van der Waals surface area contributed by atoms with Gasteiger partial charge in [-0.25, -0.2) is 0 Å². The van der Waals surface area contributed by atoms with E-state index in [1.807, 2.05) is 0 Å². The van der Waals surface area contributed by atoms with E-state index in [1.165, 1.54) is 0 Å². The van der Waals surface area contributed by atoms with Crippen LogP contribution in [0.2, 0.25) is 0 Å². The molecule has 1 rings (SSSR count). The summed E-state index contributed by atoms with van der Waals surface area (Å²) in [7, 11) is 0. The summed E-state index contributed by atoms with van der Waals surface area (Å²) < 4.78 is 8.70. The van der Waals surface area contributed by atoms with Crippen molar-refractivity contribution in [2.24, 2.45) is 0 Å². The molecule has 1 heterocycles. The molecule has 0 aromatic rings. The quantitative estimate of drug-likeness (QED) is 0.616. The lowest BCUT2D eigenvalue weighted by Gasteiger charge is -2.28. The number of hydrogen-bond acceptors (Lipinski definition) is 3. The molecular formula is C8H17IN2O. The van der Waals surface area contributed by atoms with Crippen molar-refractivity contribution in [3.8, 4) is 0 Å². The van der Waals surface area contributed by atoms with Gasteiger partial charge in [-0.2, -0.15) is 0 Å². The van der Waals surface area contributed by atoms with E-state index in [2.05, 4.69) is 45.1 Å². The minimum Gasteiger partial charge on any atom is -0.378 e. The Morgan fingerprint density at radius 3 is 2.58 bits per heavy atom. The number of halogens is 1. The smallest absolute Gasteiger partial charge is 0.0644 e. The number of likely N-dealkylation sites (N-methyl/N-ethyl adjacent to an activating group) is 1. The Kier molecular flexibility index (Phi) is 4.78. The lowest BCUT2D eigenvalue weighted by molar-refractivity contribution is 0.150. The maximum absolute atomic E-state index is 5.44. The highest BCUT2D eigenvalue weighted by Crippen LogP contribution is 2.13. The highest BCUT2D eigenvalue weighted by atomic mass is 127. The van der Waals surface area contributed by atoms with Crippen LogP contribution in [-0.4, -0.2) is 43.3 Å². The Bertz CT molecular complexity index is 130. The van der Waals surface area contributed by atoms with E-state index in [0.717, 1.165) is 26.3 Å². The number of nitrogens with zero attached hydrogens (tertiary/aromatic N) is 1. The summed E-state index contributed by atoms with van der Waals surface area (Å²) in [5.41, 5.74) is 0. The SMILES string of the molecule is CCN(CC)C1COC[C@@H]1NI. The Balaban J connectivity index is 2.47. The molecule has 0 radical (unpaired) electrons. The fourth-order valence-electron chi connectivity index (χ4n) is 1.70. The lowest BCUT2D eigenvalue weighted by atomic mass is 10.1. The molecule has 1 fully saturated rings. The minimum atomic E-state index is 0.505. The van der Waals surface area contributed by atoms with Crippen LogP contribution in [-0.2, 0) is 4.74 Å². The van der Waals surface area contributed by atoms with E-state index in [0.29, 0.717) is 12.1 Å². The highest BCUT2D eigenvalue weighted by molar-refractivity contribution is 14.1. The van der Waals surface area contributed by atoms with Crippen molar-refractivity contribution in [1.29, 1.82) is 0 Å². The largest absolute Gasteiger partial charge is 0.378 e. The summed E-state index contributed by atoms with van der Waals surface area (Å²) in [6.07, 6.45) is 0. The molecule has 0 spiro atoms. The van der Waals surface area contributed by atoms with Gasteiger partial charge in [-0.1, -0.05) is 13.8 Å². The van der Waals surface area contributed by atoms with E-state index in [-0.39, 0.29) is 0 Å². The Morgan fingerprint density at radius 1 is 1.42 bits per heavy atom. The molecule has 72 valence electrons. The topological polar surface area (TPSA) is 24.5 Å². The van der Waals surface area contributed by atoms with Gasteiger partial charge in [0, 0.05) is 22.9 Å². The van der Waals surface area contributed by atoms with E-state index >= 15 is 0 Å². The second-order valence-electron chi connectivity index (χ2n) is 3.04. The van der Waals surface area contributed by atoms with Crippen LogP contribution in [0.15, 0.2) is 0 Å². The van der Waals surface area contributed by atoms with Gasteiger partial charge in [-0.15, -0.1) is 0 Å². The van der Waals surface area contributed by atoms with Crippen molar-refractivity contribution in [2.45, 2.75) is 25.9 Å². The van der Waals surface area contributed by atoms with Gasteiger partial charge in [-0.05, 0) is 13.1 Å². The molecular weight excluding hydrogens is 267 g/mol. The van der Waals surface area contributed by atoms with Gasteiger partial charge in [0.05, 0.1) is 25.3 Å². The average Bonchev–Trinajstić information content (AvgIpc) is 2.55. The third kappa shape index (κ3) is 2.31. The molecule has 0 saturated carbocycles. The molecule has 1 N–H and O–H groups in total. The van der Waals surface area contributed by atoms with Crippen LogP contribution in [0.25, 0.3) is 0 Å². The van der Waals surface area contributed by atoms with E-state index in [1.54, 1.807) is 0 Å². The first-order valence-electron chi connectivity index (χ1n) is 4.51. The molecule has 1 unspecified atom stereocenters. The minimum absolute atomic E-state index is 0.505. The zero-order valence-electron chi connectivity index (χ0n) is 7.72. The summed E-state index contributed by atoms with van der Waals surface area (Å²) in [4.78, 5) is 2.45. The predicted molar refractivity (Wildman–Crippen MR) is 58.5 cm³/mol. The maximum Gasteiger partial charge on any atom is 0.0644 e. The molecule has 0 aromatic carbocycles. The molecule has 0 aromatic heterocycles. The summed E-state index contributed by atoms with van der Waals surface area (Å²) in [6.45, 7) is 8.35. The molecule has 12 heavy (non-hydrogen) atoms. The average molecular weight is 284 g/mol. The van der Waals surface area contributed by atoms with Gasteiger partial charge >= 0.3 is 0 Å². The molecule has 2 atom stereocenters. The van der Waals surface area contributed by atoms with E-state index < -0.39 is 0 Å². The summed E-state index contributed by atoms with van der Waals surface area (Å²) in [5.74, 6) is 0. The van der Waals surface area contributed by atoms with Gasteiger partial charge in [0.1, 0.15) is 0 Å². The fourth-order valence-corrected chi connectivity index (χ4v) is 2.29. The third-order valence-electron chi connectivity index (χ3n) is 2.47. The molecule has 1 saturated heterocycles. The highest BCUT2D eigenvalue weighted by Gasteiger charge is 2.30. The van der Waals surface area contributed by atoms with Gasteiger partial charge in [0.25, 0.3) is 0 Å². The van der Waals surface area contributed by atoms with Crippen molar-refractivity contribution in [3.63, 3.8) is 0 Å². The van der Waals surface area contributed by atoms with Crippen LogP contribution in [0.5, 0.6) is 0 Å². The van der Waals surface area contributed by atoms with Crippen molar-refractivity contribution in [1.82, 2.24) is 8.43 Å².